The molecule has 0 bridgehead atoms. The van der Waals surface area contributed by atoms with E-state index >= 15 is 0 Å². The lowest BCUT2D eigenvalue weighted by molar-refractivity contribution is -0.167. The van der Waals surface area contributed by atoms with Crippen LogP contribution in [0.5, 0.6) is 0 Å². The van der Waals surface area contributed by atoms with Crippen molar-refractivity contribution in [2.45, 2.75) is 57.1 Å². The van der Waals surface area contributed by atoms with Gasteiger partial charge in [-0.25, -0.2) is 0 Å². The normalized spacial score (nSPS) is 23.1. The average molecular weight is 364 g/mol. The lowest BCUT2D eigenvalue weighted by Crippen LogP contribution is -2.48. The highest BCUT2D eigenvalue weighted by atomic mass is 16.6. The summed E-state index contributed by atoms with van der Waals surface area (Å²) in [6, 6.07) is 19.4. The summed E-state index contributed by atoms with van der Waals surface area (Å²) < 4.78 is 6.12. The molecule has 0 spiro atoms. The van der Waals surface area contributed by atoms with Crippen LogP contribution in [0.3, 0.4) is 0 Å². The van der Waals surface area contributed by atoms with Crippen LogP contribution in [0.4, 0.5) is 0 Å². The maximum Gasteiger partial charge on any atom is 0.306 e. The quantitative estimate of drug-likeness (QED) is 0.676. The van der Waals surface area contributed by atoms with Crippen LogP contribution in [0, 0.1) is 0 Å². The second kappa shape index (κ2) is 7.85. The number of likely N-dealkylation sites (tertiary alicyclic amines) is 1. The highest BCUT2D eigenvalue weighted by Crippen LogP contribution is 2.42. The van der Waals surface area contributed by atoms with E-state index in [4.69, 9.17) is 4.74 Å². The first-order valence-corrected chi connectivity index (χ1v) is 10.3. The van der Waals surface area contributed by atoms with Crippen molar-refractivity contribution >= 4 is 5.97 Å². The van der Waals surface area contributed by atoms with Crippen LogP contribution in [0.2, 0.25) is 0 Å². The van der Waals surface area contributed by atoms with Gasteiger partial charge in [0, 0.05) is 19.5 Å². The molecule has 2 aliphatic rings. The Bertz CT molecular complexity index is 767. The molecule has 3 heteroatoms. The Morgan fingerprint density at radius 3 is 2.52 bits per heavy atom. The van der Waals surface area contributed by atoms with E-state index in [1.807, 2.05) is 6.92 Å². The molecule has 1 atom stereocenters. The molecule has 27 heavy (non-hydrogen) atoms. The first kappa shape index (κ1) is 18.2. The first-order valence-electron chi connectivity index (χ1n) is 10.3. The Hall–Kier alpha value is -2.13. The third-order valence-corrected chi connectivity index (χ3v) is 5.87. The second-order valence-electron chi connectivity index (χ2n) is 8.02. The molecule has 142 valence electrons. The van der Waals surface area contributed by atoms with Gasteiger partial charge in [-0.1, -0.05) is 61.5 Å². The molecule has 3 nitrogen and oxygen atoms in total. The Morgan fingerprint density at radius 2 is 1.85 bits per heavy atom. The van der Waals surface area contributed by atoms with Gasteiger partial charge >= 0.3 is 5.97 Å². The molecule has 2 aromatic carbocycles. The molecule has 1 aliphatic heterocycles. The third kappa shape index (κ3) is 4.24. The van der Waals surface area contributed by atoms with Crippen LogP contribution in [0.1, 0.15) is 61.6 Å². The van der Waals surface area contributed by atoms with E-state index in [1.54, 1.807) is 0 Å². The number of benzene rings is 2. The van der Waals surface area contributed by atoms with Gasteiger partial charge in [0.25, 0.3) is 0 Å². The minimum atomic E-state index is -0.526. The molecular weight excluding hydrogens is 334 g/mol. The Balaban J connectivity index is 1.58. The molecule has 1 aliphatic carbocycles. The van der Waals surface area contributed by atoms with Gasteiger partial charge in [-0.3, -0.25) is 9.69 Å². The number of hydrogen-bond acceptors (Lipinski definition) is 3. The zero-order valence-corrected chi connectivity index (χ0v) is 16.2. The minimum Gasteiger partial charge on any atom is -0.453 e. The fourth-order valence-corrected chi connectivity index (χ4v) is 4.23. The van der Waals surface area contributed by atoms with Crippen molar-refractivity contribution in [2.24, 2.45) is 0 Å². The van der Waals surface area contributed by atoms with E-state index in [2.05, 4.69) is 59.5 Å². The fourth-order valence-electron chi connectivity index (χ4n) is 4.23. The fraction of sp³-hybridized carbons (Fsp3) is 0.458. The van der Waals surface area contributed by atoms with E-state index in [-0.39, 0.29) is 5.97 Å². The van der Waals surface area contributed by atoms with Gasteiger partial charge in [0.05, 0.1) is 0 Å². The van der Waals surface area contributed by atoms with Gasteiger partial charge in [0.1, 0.15) is 5.60 Å². The lowest BCUT2D eigenvalue weighted by atomic mass is 9.84. The zero-order valence-electron chi connectivity index (χ0n) is 16.2. The Kier molecular flexibility index (Phi) is 5.31. The molecule has 0 unspecified atom stereocenters. The SMILES string of the molecule is CCC(=O)O[C@]1(c2ccc(C3CC3)cc2)CCCN(Cc2ccccc2)C1. The average Bonchev–Trinajstić information content (AvgIpc) is 3.54. The van der Waals surface area contributed by atoms with Gasteiger partial charge in [-0.15, -0.1) is 0 Å². The molecule has 4 rings (SSSR count). The van der Waals surface area contributed by atoms with Crippen molar-refractivity contribution in [3.8, 4) is 0 Å². The van der Waals surface area contributed by atoms with E-state index in [0.29, 0.717) is 6.42 Å². The smallest absolute Gasteiger partial charge is 0.306 e. The summed E-state index contributed by atoms with van der Waals surface area (Å²) in [4.78, 5) is 14.7. The molecule has 0 N–H and O–H groups in total. The summed E-state index contributed by atoms with van der Waals surface area (Å²) in [6.07, 6.45) is 4.96. The van der Waals surface area contributed by atoms with Gasteiger partial charge < -0.3 is 4.74 Å². The minimum absolute atomic E-state index is 0.108. The largest absolute Gasteiger partial charge is 0.453 e. The van der Waals surface area contributed by atoms with Crippen molar-refractivity contribution < 1.29 is 9.53 Å². The molecule has 0 radical (unpaired) electrons. The topological polar surface area (TPSA) is 29.5 Å². The Morgan fingerprint density at radius 1 is 1.11 bits per heavy atom. The number of ether oxygens (including phenoxy) is 1. The van der Waals surface area contributed by atoms with Crippen LogP contribution in [0.25, 0.3) is 0 Å². The van der Waals surface area contributed by atoms with Gasteiger partial charge in [0.2, 0.25) is 0 Å². The van der Waals surface area contributed by atoms with Crippen LogP contribution in [0.15, 0.2) is 54.6 Å². The van der Waals surface area contributed by atoms with Crippen molar-refractivity contribution in [2.75, 3.05) is 13.1 Å². The van der Waals surface area contributed by atoms with Crippen LogP contribution < -0.4 is 0 Å². The maximum atomic E-state index is 12.3. The number of piperidine rings is 1. The number of carbonyl (C=O) groups is 1. The lowest BCUT2D eigenvalue weighted by Gasteiger charge is -2.42. The molecule has 1 saturated carbocycles. The number of rotatable bonds is 6. The summed E-state index contributed by atoms with van der Waals surface area (Å²) in [7, 11) is 0. The maximum absolute atomic E-state index is 12.3. The summed E-state index contributed by atoms with van der Waals surface area (Å²) in [5, 5.41) is 0. The predicted octanol–water partition coefficient (Wildman–Crippen LogP) is 5.01. The van der Waals surface area contributed by atoms with Gasteiger partial charge in [-0.2, -0.15) is 0 Å². The van der Waals surface area contributed by atoms with E-state index in [1.165, 1.54) is 24.0 Å². The predicted molar refractivity (Wildman–Crippen MR) is 107 cm³/mol. The number of nitrogens with zero attached hydrogens (tertiary/aromatic N) is 1. The van der Waals surface area contributed by atoms with E-state index < -0.39 is 5.60 Å². The highest BCUT2D eigenvalue weighted by molar-refractivity contribution is 5.69. The summed E-state index contributed by atoms with van der Waals surface area (Å²) in [5.74, 6) is 0.636. The molecule has 1 heterocycles. The Labute approximate surface area is 162 Å². The summed E-state index contributed by atoms with van der Waals surface area (Å²) >= 11 is 0. The third-order valence-electron chi connectivity index (χ3n) is 5.87. The monoisotopic (exact) mass is 363 g/mol. The van der Waals surface area contributed by atoms with Crippen molar-refractivity contribution in [3.63, 3.8) is 0 Å². The van der Waals surface area contributed by atoms with E-state index in [9.17, 15) is 4.79 Å². The van der Waals surface area contributed by atoms with Crippen LogP contribution in [-0.4, -0.2) is 24.0 Å². The second-order valence-corrected chi connectivity index (χ2v) is 8.02. The zero-order chi connectivity index (χ0) is 18.7. The van der Waals surface area contributed by atoms with Crippen molar-refractivity contribution in [3.05, 3.63) is 71.3 Å². The standard InChI is InChI=1S/C24H29NO2/c1-2-23(26)27-24(22-13-11-21(12-14-22)20-9-10-20)15-6-16-25(18-24)17-19-7-4-3-5-8-19/h3-5,7-8,11-14,20H,2,6,9-10,15-18H2,1H3/t24-/m1/s1. The van der Waals surface area contributed by atoms with Crippen molar-refractivity contribution in [1.82, 2.24) is 4.90 Å². The molecule has 2 aromatic rings. The van der Waals surface area contributed by atoms with Crippen molar-refractivity contribution in [1.29, 1.82) is 0 Å². The van der Waals surface area contributed by atoms with Crippen LogP contribution in [-0.2, 0) is 21.7 Å². The molecular formula is C24H29NO2. The summed E-state index contributed by atoms with van der Waals surface area (Å²) in [5.41, 5.74) is 3.35. The number of esters is 1. The number of hydrogen-bond donors (Lipinski definition) is 0. The molecule has 0 aromatic heterocycles. The van der Waals surface area contributed by atoms with Crippen LogP contribution >= 0.6 is 0 Å². The van der Waals surface area contributed by atoms with Gasteiger partial charge in [0.15, 0.2) is 0 Å². The molecule has 0 amide bonds. The van der Waals surface area contributed by atoms with Gasteiger partial charge in [-0.05, 0) is 54.8 Å². The van der Waals surface area contributed by atoms with E-state index in [0.717, 1.165) is 44.0 Å². The number of carbonyl (C=O) groups excluding carboxylic acids is 1. The molecule has 2 fully saturated rings. The first-order chi connectivity index (χ1) is 13.2. The molecule has 1 saturated heterocycles. The highest BCUT2D eigenvalue weighted by Gasteiger charge is 2.40. The summed E-state index contributed by atoms with van der Waals surface area (Å²) in [6.45, 7) is 4.57.